The second kappa shape index (κ2) is 8.39. The van der Waals surface area contributed by atoms with Crippen molar-refractivity contribution < 1.29 is 17.9 Å². The van der Waals surface area contributed by atoms with Crippen molar-refractivity contribution in [2.45, 2.75) is 44.9 Å². The molecule has 136 valence electrons. The Bertz CT molecular complexity index is 685. The average molecular weight is 351 g/mol. The highest BCUT2D eigenvalue weighted by Gasteiger charge is 2.30. The minimum Gasteiger partial charge on any atom is -0.497 e. The maximum atomic E-state index is 12.8. The Balaban J connectivity index is 1.91. The summed E-state index contributed by atoms with van der Waals surface area (Å²) < 4.78 is 43.5. The smallest absolute Gasteiger partial charge is 0.416 e. The second-order valence-electron chi connectivity index (χ2n) is 6.30. The van der Waals surface area contributed by atoms with Crippen LogP contribution in [0.1, 0.15) is 43.0 Å². The van der Waals surface area contributed by atoms with Crippen LogP contribution in [0.3, 0.4) is 0 Å². The lowest BCUT2D eigenvalue weighted by Gasteiger charge is -2.21. The van der Waals surface area contributed by atoms with Gasteiger partial charge in [0.2, 0.25) is 0 Å². The van der Waals surface area contributed by atoms with E-state index in [0.29, 0.717) is 12.0 Å². The highest BCUT2D eigenvalue weighted by Crippen LogP contribution is 2.29. The van der Waals surface area contributed by atoms with Crippen LogP contribution in [0.15, 0.2) is 48.5 Å². The van der Waals surface area contributed by atoms with E-state index in [1.54, 1.807) is 13.2 Å². The standard InChI is InChI=1S/C20H24F3NO/c1-14(24-15(2)17-7-5-9-19(13-17)25-3)10-11-16-6-4-8-18(12-16)20(21,22)23/h4-9,12-15,24H,10-11H2,1-3H3/t14?,15-/m1/s1. The summed E-state index contributed by atoms with van der Waals surface area (Å²) in [5.41, 5.74) is 1.23. The number of methoxy groups -OCH3 is 1. The van der Waals surface area contributed by atoms with Gasteiger partial charge >= 0.3 is 6.18 Å². The number of halogens is 3. The molecule has 0 bridgehead atoms. The van der Waals surface area contributed by atoms with Crippen molar-refractivity contribution in [3.05, 3.63) is 65.2 Å². The molecule has 1 N–H and O–H groups in total. The molecule has 5 heteroatoms. The molecule has 2 nitrogen and oxygen atoms in total. The highest BCUT2D eigenvalue weighted by molar-refractivity contribution is 5.30. The zero-order valence-electron chi connectivity index (χ0n) is 14.7. The van der Waals surface area contributed by atoms with Gasteiger partial charge in [0.1, 0.15) is 5.75 Å². The van der Waals surface area contributed by atoms with Crippen LogP contribution in [0, 0.1) is 0 Å². The molecule has 0 amide bonds. The minimum absolute atomic E-state index is 0.131. The van der Waals surface area contributed by atoms with Crippen molar-refractivity contribution in [1.82, 2.24) is 5.32 Å². The number of nitrogens with one attached hydrogen (secondary N) is 1. The van der Waals surface area contributed by atoms with E-state index in [1.165, 1.54) is 12.1 Å². The first-order chi connectivity index (χ1) is 11.8. The summed E-state index contributed by atoms with van der Waals surface area (Å²) in [4.78, 5) is 0. The van der Waals surface area contributed by atoms with Crippen molar-refractivity contribution >= 4 is 0 Å². The molecular formula is C20H24F3NO. The summed E-state index contributed by atoms with van der Waals surface area (Å²) in [6.45, 7) is 4.11. The molecule has 0 aliphatic rings. The lowest BCUT2D eigenvalue weighted by Crippen LogP contribution is -2.29. The van der Waals surface area contributed by atoms with Crippen LogP contribution in [0.4, 0.5) is 13.2 Å². The number of rotatable bonds is 7. The molecule has 25 heavy (non-hydrogen) atoms. The van der Waals surface area contributed by atoms with Gasteiger partial charge in [-0.05, 0) is 56.0 Å². The predicted molar refractivity (Wildman–Crippen MR) is 93.8 cm³/mol. The Morgan fingerprint density at radius 3 is 2.44 bits per heavy atom. The number of alkyl halides is 3. The lowest BCUT2D eigenvalue weighted by molar-refractivity contribution is -0.137. The van der Waals surface area contributed by atoms with Crippen LogP contribution in [-0.4, -0.2) is 13.2 Å². The molecule has 2 aromatic carbocycles. The first kappa shape index (κ1) is 19.3. The molecule has 2 rings (SSSR count). The molecule has 0 spiro atoms. The van der Waals surface area contributed by atoms with E-state index in [-0.39, 0.29) is 12.1 Å². The lowest BCUT2D eigenvalue weighted by atomic mass is 10.0. The molecule has 2 aromatic rings. The van der Waals surface area contributed by atoms with Gasteiger partial charge in [0.15, 0.2) is 0 Å². The normalized spacial score (nSPS) is 14.2. The van der Waals surface area contributed by atoms with Crippen molar-refractivity contribution in [3.63, 3.8) is 0 Å². The molecule has 0 fully saturated rings. The summed E-state index contributed by atoms with van der Waals surface area (Å²) in [5.74, 6) is 0.808. The molecule has 0 radical (unpaired) electrons. The molecule has 0 aliphatic heterocycles. The van der Waals surface area contributed by atoms with Crippen molar-refractivity contribution in [2.24, 2.45) is 0 Å². The highest BCUT2D eigenvalue weighted by atomic mass is 19.4. The fourth-order valence-corrected chi connectivity index (χ4v) is 2.80. The van der Waals surface area contributed by atoms with Gasteiger partial charge in [-0.3, -0.25) is 0 Å². The largest absolute Gasteiger partial charge is 0.497 e. The van der Waals surface area contributed by atoms with E-state index in [1.807, 2.05) is 31.2 Å². The number of benzene rings is 2. The summed E-state index contributed by atoms with van der Waals surface area (Å²) >= 11 is 0. The van der Waals surface area contributed by atoms with Gasteiger partial charge < -0.3 is 10.1 Å². The maximum absolute atomic E-state index is 12.8. The SMILES string of the molecule is COc1cccc([C@@H](C)NC(C)CCc2cccc(C(F)(F)F)c2)c1. The summed E-state index contributed by atoms with van der Waals surface area (Å²) in [5, 5.41) is 3.48. The van der Waals surface area contributed by atoms with Gasteiger partial charge in [0, 0.05) is 12.1 Å². The van der Waals surface area contributed by atoms with Gasteiger partial charge in [-0.2, -0.15) is 13.2 Å². The van der Waals surface area contributed by atoms with E-state index in [9.17, 15) is 13.2 Å². The zero-order valence-corrected chi connectivity index (χ0v) is 14.7. The molecule has 1 unspecified atom stereocenters. The third-order valence-electron chi connectivity index (χ3n) is 4.25. The van der Waals surface area contributed by atoms with Crippen LogP contribution in [0.5, 0.6) is 5.75 Å². The first-order valence-electron chi connectivity index (χ1n) is 8.35. The van der Waals surface area contributed by atoms with E-state index in [2.05, 4.69) is 12.2 Å². The van der Waals surface area contributed by atoms with Crippen LogP contribution >= 0.6 is 0 Å². The topological polar surface area (TPSA) is 21.3 Å². The van der Waals surface area contributed by atoms with E-state index < -0.39 is 11.7 Å². The fourth-order valence-electron chi connectivity index (χ4n) is 2.80. The molecule has 0 aliphatic carbocycles. The van der Waals surface area contributed by atoms with Gasteiger partial charge in [0.05, 0.1) is 12.7 Å². The molecule has 0 aromatic heterocycles. The van der Waals surface area contributed by atoms with Crippen molar-refractivity contribution in [3.8, 4) is 5.75 Å². The van der Waals surface area contributed by atoms with E-state index >= 15 is 0 Å². The quantitative estimate of drug-likeness (QED) is 0.722. The van der Waals surface area contributed by atoms with Gasteiger partial charge in [0.25, 0.3) is 0 Å². The third kappa shape index (κ3) is 5.78. The van der Waals surface area contributed by atoms with Gasteiger partial charge in [-0.25, -0.2) is 0 Å². The molecular weight excluding hydrogens is 327 g/mol. The summed E-state index contributed by atoms with van der Waals surface area (Å²) in [6.07, 6.45) is -2.93. The Kier molecular flexibility index (Phi) is 6.48. The number of ether oxygens (including phenoxy) is 1. The average Bonchev–Trinajstić information content (AvgIpc) is 2.59. The second-order valence-corrected chi connectivity index (χ2v) is 6.30. The predicted octanol–water partition coefficient (Wildman–Crippen LogP) is 5.39. The van der Waals surface area contributed by atoms with Crippen molar-refractivity contribution in [2.75, 3.05) is 7.11 Å². The van der Waals surface area contributed by atoms with E-state index in [4.69, 9.17) is 4.74 Å². The fraction of sp³-hybridized carbons (Fsp3) is 0.400. The minimum atomic E-state index is -4.29. The van der Waals surface area contributed by atoms with E-state index in [0.717, 1.165) is 23.8 Å². The number of hydrogen-bond donors (Lipinski definition) is 1. The Morgan fingerprint density at radius 1 is 1.04 bits per heavy atom. The summed E-state index contributed by atoms with van der Waals surface area (Å²) in [7, 11) is 1.63. The Morgan fingerprint density at radius 2 is 1.76 bits per heavy atom. The Labute approximate surface area is 147 Å². The maximum Gasteiger partial charge on any atom is 0.416 e. The number of aryl methyl sites for hydroxylation is 1. The zero-order chi connectivity index (χ0) is 18.4. The van der Waals surface area contributed by atoms with Crippen molar-refractivity contribution in [1.29, 1.82) is 0 Å². The van der Waals surface area contributed by atoms with Crippen LogP contribution in [-0.2, 0) is 12.6 Å². The molecule has 0 saturated heterocycles. The van der Waals surface area contributed by atoms with Crippen LogP contribution in [0.25, 0.3) is 0 Å². The summed E-state index contributed by atoms with van der Waals surface area (Å²) in [6, 6.07) is 13.7. The van der Waals surface area contributed by atoms with Gasteiger partial charge in [-0.15, -0.1) is 0 Å². The molecule has 0 heterocycles. The first-order valence-corrected chi connectivity index (χ1v) is 8.35. The molecule has 0 saturated carbocycles. The molecule has 2 atom stereocenters. The van der Waals surface area contributed by atoms with Crippen LogP contribution < -0.4 is 10.1 Å². The van der Waals surface area contributed by atoms with Crippen LogP contribution in [0.2, 0.25) is 0 Å². The number of hydrogen-bond acceptors (Lipinski definition) is 2. The van der Waals surface area contributed by atoms with Gasteiger partial charge in [-0.1, -0.05) is 30.3 Å². The third-order valence-corrected chi connectivity index (χ3v) is 4.25. The Hall–Kier alpha value is -2.01. The monoisotopic (exact) mass is 351 g/mol.